The first-order valence-corrected chi connectivity index (χ1v) is 5.16. The largest absolute Gasteiger partial charge is 0.373 e. The van der Waals surface area contributed by atoms with Crippen molar-refractivity contribution in [3.63, 3.8) is 0 Å². The Morgan fingerprint density at radius 3 is 2.93 bits per heavy atom. The van der Waals surface area contributed by atoms with E-state index in [0.29, 0.717) is 13.0 Å². The van der Waals surface area contributed by atoms with Crippen LogP contribution < -0.4 is 0 Å². The van der Waals surface area contributed by atoms with E-state index in [-0.39, 0.29) is 18.5 Å². The Kier molecular flexibility index (Phi) is 3.35. The molecule has 3 unspecified atom stereocenters. The van der Waals surface area contributed by atoms with Gasteiger partial charge in [-0.2, -0.15) is 5.26 Å². The van der Waals surface area contributed by atoms with Gasteiger partial charge in [0.1, 0.15) is 6.10 Å². The third-order valence-electron chi connectivity index (χ3n) is 2.61. The Morgan fingerprint density at radius 2 is 2.21 bits per heavy atom. The van der Waals surface area contributed by atoms with Gasteiger partial charge in [0.15, 0.2) is 6.29 Å². The topological polar surface area (TPSA) is 51.5 Å². The summed E-state index contributed by atoms with van der Waals surface area (Å²) in [5, 5.41) is 8.51. The molecule has 0 aromatic rings. The van der Waals surface area contributed by atoms with Crippen molar-refractivity contribution in [2.75, 3.05) is 13.2 Å². The van der Waals surface area contributed by atoms with Crippen LogP contribution in [0, 0.1) is 11.3 Å². The molecular formula is C10H15NO3. The molecule has 0 radical (unpaired) electrons. The lowest BCUT2D eigenvalue weighted by atomic mass is 10.1. The summed E-state index contributed by atoms with van der Waals surface area (Å²) in [7, 11) is 0. The molecule has 14 heavy (non-hydrogen) atoms. The van der Waals surface area contributed by atoms with Crippen LogP contribution in [0.4, 0.5) is 0 Å². The maximum Gasteiger partial charge on any atom is 0.184 e. The van der Waals surface area contributed by atoms with Crippen molar-refractivity contribution in [3.05, 3.63) is 0 Å². The van der Waals surface area contributed by atoms with E-state index in [1.54, 1.807) is 0 Å². The standard InChI is InChI=1S/C10H15NO3/c11-5-4-8-7-13-10(14-8)9-3-1-2-6-12-9/h8-10H,1-4,6-7H2. The van der Waals surface area contributed by atoms with E-state index in [9.17, 15) is 0 Å². The predicted molar refractivity (Wildman–Crippen MR) is 48.4 cm³/mol. The van der Waals surface area contributed by atoms with E-state index < -0.39 is 0 Å². The minimum Gasteiger partial charge on any atom is -0.373 e. The normalized spacial score (nSPS) is 38.1. The second kappa shape index (κ2) is 4.74. The first-order valence-electron chi connectivity index (χ1n) is 5.16. The molecule has 2 fully saturated rings. The molecule has 4 nitrogen and oxygen atoms in total. The molecule has 0 N–H and O–H groups in total. The maximum atomic E-state index is 8.51. The molecule has 0 aromatic heterocycles. The monoisotopic (exact) mass is 197 g/mol. The van der Waals surface area contributed by atoms with E-state index >= 15 is 0 Å². The summed E-state index contributed by atoms with van der Waals surface area (Å²) < 4.78 is 16.6. The number of nitrogens with zero attached hydrogens (tertiary/aromatic N) is 1. The maximum absolute atomic E-state index is 8.51. The number of ether oxygens (including phenoxy) is 3. The third kappa shape index (κ3) is 2.24. The number of nitriles is 1. The van der Waals surface area contributed by atoms with Crippen molar-refractivity contribution >= 4 is 0 Å². The highest BCUT2D eigenvalue weighted by atomic mass is 16.7. The van der Waals surface area contributed by atoms with Gasteiger partial charge in [0.05, 0.1) is 25.2 Å². The van der Waals surface area contributed by atoms with Crippen LogP contribution in [-0.2, 0) is 14.2 Å². The lowest BCUT2D eigenvalue weighted by Crippen LogP contribution is -2.33. The van der Waals surface area contributed by atoms with Crippen LogP contribution in [0.25, 0.3) is 0 Å². The zero-order valence-electron chi connectivity index (χ0n) is 8.15. The van der Waals surface area contributed by atoms with Crippen LogP contribution in [-0.4, -0.2) is 31.7 Å². The van der Waals surface area contributed by atoms with E-state index in [0.717, 1.165) is 19.4 Å². The molecule has 4 heteroatoms. The highest BCUT2D eigenvalue weighted by molar-refractivity contribution is 4.81. The summed E-state index contributed by atoms with van der Waals surface area (Å²) in [6.45, 7) is 1.33. The quantitative estimate of drug-likeness (QED) is 0.667. The fourth-order valence-corrected chi connectivity index (χ4v) is 1.85. The Labute approximate surface area is 83.7 Å². The molecule has 0 saturated carbocycles. The highest BCUT2D eigenvalue weighted by Crippen LogP contribution is 2.24. The van der Waals surface area contributed by atoms with Crippen molar-refractivity contribution in [1.29, 1.82) is 5.26 Å². The average Bonchev–Trinajstić information content (AvgIpc) is 2.68. The molecule has 2 aliphatic rings. The fraction of sp³-hybridized carbons (Fsp3) is 0.900. The van der Waals surface area contributed by atoms with Crippen molar-refractivity contribution < 1.29 is 14.2 Å². The lowest BCUT2D eigenvalue weighted by Gasteiger charge is -2.26. The van der Waals surface area contributed by atoms with Crippen LogP contribution in [0.15, 0.2) is 0 Å². The Balaban J connectivity index is 1.79. The molecule has 3 atom stereocenters. The summed E-state index contributed by atoms with van der Waals surface area (Å²) in [6, 6.07) is 2.09. The van der Waals surface area contributed by atoms with Crippen molar-refractivity contribution in [2.45, 2.75) is 44.2 Å². The predicted octanol–water partition coefficient (Wildman–Crippen LogP) is 1.21. The molecule has 0 amide bonds. The summed E-state index contributed by atoms with van der Waals surface area (Å²) >= 11 is 0. The van der Waals surface area contributed by atoms with Crippen molar-refractivity contribution in [2.24, 2.45) is 0 Å². The Bertz CT molecular complexity index is 220. The van der Waals surface area contributed by atoms with Gasteiger partial charge in [-0.3, -0.25) is 0 Å². The molecule has 0 aliphatic carbocycles. The molecule has 2 saturated heterocycles. The van der Waals surface area contributed by atoms with Crippen LogP contribution in [0.3, 0.4) is 0 Å². The molecule has 2 rings (SSSR count). The molecule has 0 aromatic carbocycles. The van der Waals surface area contributed by atoms with Crippen LogP contribution in [0.1, 0.15) is 25.7 Å². The fourth-order valence-electron chi connectivity index (χ4n) is 1.85. The number of hydrogen-bond donors (Lipinski definition) is 0. The smallest absolute Gasteiger partial charge is 0.184 e. The van der Waals surface area contributed by atoms with E-state index in [4.69, 9.17) is 19.5 Å². The minimum atomic E-state index is -0.242. The van der Waals surface area contributed by atoms with Crippen LogP contribution >= 0.6 is 0 Å². The van der Waals surface area contributed by atoms with Gasteiger partial charge in [0.2, 0.25) is 0 Å². The lowest BCUT2D eigenvalue weighted by molar-refractivity contribution is -0.163. The van der Waals surface area contributed by atoms with Gasteiger partial charge >= 0.3 is 0 Å². The summed E-state index contributed by atoms with van der Waals surface area (Å²) in [5.74, 6) is 0. The Hall–Kier alpha value is -0.630. The summed E-state index contributed by atoms with van der Waals surface area (Å²) in [4.78, 5) is 0. The van der Waals surface area contributed by atoms with E-state index in [1.807, 2.05) is 0 Å². The van der Waals surface area contributed by atoms with Gasteiger partial charge < -0.3 is 14.2 Å². The summed E-state index contributed by atoms with van der Waals surface area (Å²) in [5.41, 5.74) is 0. The SMILES string of the molecule is N#CCC1COC(C2CCCCO2)O1. The van der Waals surface area contributed by atoms with Gasteiger partial charge in [-0.05, 0) is 19.3 Å². The van der Waals surface area contributed by atoms with Gasteiger partial charge in [-0.15, -0.1) is 0 Å². The third-order valence-corrected chi connectivity index (χ3v) is 2.61. The Morgan fingerprint density at radius 1 is 1.29 bits per heavy atom. The van der Waals surface area contributed by atoms with Gasteiger partial charge in [0, 0.05) is 6.61 Å². The average molecular weight is 197 g/mol. The van der Waals surface area contributed by atoms with Crippen molar-refractivity contribution in [1.82, 2.24) is 0 Å². The van der Waals surface area contributed by atoms with Crippen LogP contribution in [0.2, 0.25) is 0 Å². The minimum absolute atomic E-state index is 0.0597. The van der Waals surface area contributed by atoms with E-state index in [1.165, 1.54) is 6.42 Å². The highest BCUT2D eigenvalue weighted by Gasteiger charge is 2.33. The molecule has 0 spiro atoms. The zero-order chi connectivity index (χ0) is 9.80. The first kappa shape index (κ1) is 9.91. The van der Waals surface area contributed by atoms with Crippen LogP contribution in [0.5, 0.6) is 0 Å². The molecule has 2 aliphatic heterocycles. The number of rotatable bonds is 2. The van der Waals surface area contributed by atoms with Gasteiger partial charge in [-0.25, -0.2) is 0 Å². The molecule has 0 bridgehead atoms. The second-order valence-corrected chi connectivity index (χ2v) is 3.73. The molecule has 2 heterocycles. The van der Waals surface area contributed by atoms with Gasteiger partial charge in [0.25, 0.3) is 0 Å². The molecular weight excluding hydrogens is 182 g/mol. The summed E-state index contributed by atoms with van der Waals surface area (Å²) in [6.07, 6.45) is 3.49. The number of hydrogen-bond acceptors (Lipinski definition) is 4. The molecule has 78 valence electrons. The van der Waals surface area contributed by atoms with E-state index in [2.05, 4.69) is 6.07 Å². The van der Waals surface area contributed by atoms with Gasteiger partial charge in [-0.1, -0.05) is 0 Å². The second-order valence-electron chi connectivity index (χ2n) is 3.73. The first-order chi connectivity index (χ1) is 6.90. The van der Waals surface area contributed by atoms with Crippen molar-refractivity contribution in [3.8, 4) is 6.07 Å². The zero-order valence-corrected chi connectivity index (χ0v) is 8.15.